The van der Waals surface area contributed by atoms with Crippen LogP contribution in [-0.2, 0) is 0 Å². The van der Waals surface area contributed by atoms with Gasteiger partial charge in [-0.3, -0.25) is 4.79 Å². The Hall–Kier alpha value is -2.12. The quantitative estimate of drug-likeness (QED) is 0.852. The SMILES string of the molecule is CN(C)CCOc1ccc(NC(=O)c2csc(N)n2)cc1. The second-order valence-corrected chi connectivity index (χ2v) is 5.59. The van der Waals surface area contributed by atoms with Crippen molar-refractivity contribution in [3.05, 3.63) is 35.3 Å². The molecule has 0 bridgehead atoms. The molecule has 0 aliphatic carbocycles. The zero-order chi connectivity index (χ0) is 15.2. The van der Waals surface area contributed by atoms with E-state index >= 15 is 0 Å². The number of nitrogens with one attached hydrogen (secondary N) is 1. The van der Waals surface area contributed by atoms with Gasteiger partial charge in [-0.1, -0.05) is 0 Å². The van der Waals surface area contributed by atoms with Crippen LogP contribution in [0.5, 0.6) is 5.75 Å². The molecule has 0 saturated heterocycles. The van der Waals surface area contributed by atoms with Crippen molar-refractivity contribution in [3.63, 3.8) is 0 Å². The fraction of sp³-hybridized carbons (Fsp3) is 0.286. The predicted octanol–water partition coefficient (Wildman–Crippen LogP) is 1.92. The third-order valence-corrected chi connectivity index (χ3v) is 3.35. The number of hydrogen-bond acceptors (Lipinski definition) is 6. The number of ether oxygens (including phenoxy) is 1. The molecule has 3 N–H and O–H groups in total. The molecule has 2 rings (SSSR count). The van der Waals surface area contributed by atoms with Gasteiger partial charge in [-0.2, -0.15) is 0 Å². The lowest BCUT2D eigenvalue weighted by Crippen LogP contribution is -2.19. The minimum atomic E-state index is -0.274. The minimum absolute atomic E-state index is 0.274. The molecule has 2 aromatic rings. The fourth-order valence-corrected chi connectivity index (χ4v) is 2.11. The topological polar surface area (TPSA) is 80.5 Å². The van der Waals surface area contributed by atoms with Crippen LogP contribution in [0.4, 0.5) is 10.8 Å². The lowest BCUT2D eigenvalue weighted by molar-refractivity contribution is 0.102. The Morgan fingerprint density at radius 1 is 1.38 bits per heavy atom. The van der Waals surface area contributed by atoms with Crippen molar-refractivity contribution < 1.29 is 9.53 Å². The monoisotopic (exact) mass is 306 g/mol. The molecular formula is C14H18N4O2S. The Morgan fingerprint density at radius 2 is 2.10 bits per heavy atom. The second-order valence-electron chi connectivity index (χ2n) is 4.70. The first-order valence-corrected chi connectivity index (χ1v) is 7.32. The highest BCUT2D eigenvalue weighted by Crippen LogP contribution is 2.17. The van der Waals surface area contributed by atoms with E-state index in [9.17, 15) is 4.79 Å². The molecule has 0 unspecified atom stereocenters. The highest BCUT2D eigenvalue weighted by atomic mass is 32.1. The van der Waals surface area contributed by atoms with Crippen LogP contribution < -0.4 is 15.8 Å². The van der Waals surface area contributed by atoms with Gasteiger partial charge in [-0.15, -0.1) is 11.3 Å². The maximum absolute atomic E-state index is 11.9. The number of nitrogens with two attached hydrogens (primary N) is 1. The number of benzene rings is 1. The number of nitrogen functional groups attached to an aromatic ring is 1. The van der Waals surface area contributed by atoms with Crippen LogP contribution in [-0.4, -0.2) is 43.0 Å². The number of aromatic nitrogens is 1. The first kappa shape index (κ1) is 15.3. The van der Waals surface area contributed by atoms with Gasteiger partial charge in [-0.25, -0.2) is 4.98 Å². The van der Waals surface area contributed by atoms with Crippen molar-refractivity contribution in [2.24, 2.45) is 0 Å². The predicted molar refractivity (Wildman–Crippen MR) is 85.0 cm³/mol. The van der Waals surface area contributed by atoms with Crippen LogP contribution in [0.1, 0.15) is 10.5 Å². The molecule has 0 aliphatic heterocycles. The number of nitrogens with zero attached hydrogens (tertiary/aromatic N) is 2. The van der Waals surface area contributed by atoms with Gasteiger partial charge in [-0.05, 0) is 38.4 Å². The fourth-order valence-electron chi connectivity index (χ4n) is 1.57. The molecule has 112 valence electrons. The van der Waals surface area contributed by atoms with E-state index in [4.69, 9.17) is 10.5 Å². The van der Waals surface area contributed by atoms with Gasteiger partial charge in [0.25, 0.3) is 5.91 Å². The van der Waals surface area contributed by atoms with Crippen LogP contribution >= 0.6 is 11.3 Å². The highest BCUT2D eigenvalue weighted by Gasteiger charge is 2.09. The molecule has 0 fully saturated rings. The van der Waals surface area contributed by atoms with Crippen molar-refractivity contribution in [3.8, 4) is 5.75 Å². The van der Waals surface area contributed by atoms with E-state index in [1.54, 1.807) is 17.5 Å². The first-order chi connectivity index (χ1) is 10.0. The summed E-state index contributed by atoms with van der Waals surface area (Å²) in [7, 11) is 3.99. The van der Waals surface area contributed by atoms with E-state index in [0.717, 1.165) is 12.3 Å². The first-order valence-electron chi connectivity index (χ1n) is 6.44. The second kappa shape index (κ2) is 7.05. The smallest absolute Gasteiger partial charge is 0.275 e. The number of likely N-dealkylation sites (N-methyl/N-ethyl adjacent to an activating group) is 1. The molecule has 0 aliphatic rings. The van der Waals surface area contributed by atoms with Crippen molar-refractivity contribution in [1.29, 1.82) is 0 Å². The Morgan fingerprint density at radius 3 is 2.67 bits per heavy atom. The number of anilines is 2. The number of carbonyl (C=O) groups is 1. The number of carbonyl (C=O) groups excluding carboxylic acids is 1. The number of rotatable bonds is 6. The van der Waals surface area contributed by atoms with Crippen molar-refractivity contribution in [2.45, 2.75) is 0 Å². The third kappa shape index (κ3) is 4.73. The van der Waals surface area contributed by atoms with E-state index in [1.165, 1.54) is 11.3 Å². The van der Waals surface area contributed by atoms with Crippen LogP contribution in [0.25, 0.3) is 0 Å². The van der Waals surface area contributed by atoms with E-state index in [0.29, 0.717) is 23.1 Å². The molecule has 0 atom stereocenters. The number of thiazole rings is 1. The lowest BCUT2D eigenvalue weighted by Gasteiger charge is -2.11. The molecule has 1 heterocycles. The molecule has 0 radical (unpaired) electrons. The Bertz CT molecular complexity index is 595. The molecule has 21 heavy (non-hydrogen) atoms. The van der Waals surface area contributed by atoms with E-state index < -0.39 is 0 Å². The van der Waals surface area contributed by atoms with Crippen LogP contribution in [0.2, 0.25) is 0 Å². The van der Waals surface area contributed by atoms with Crippen molar-refractivity contribution in [1.82, 2.24) is 9.88 Å². The summed E-state index contributed by atoms with van der Waals surface area (Å²) in [5.74, 6) is 0.497. The Labute approximate surface area is 127 Å². The summed E-state index contributed by atoms with van der Waals surface area (Å²) >= 11 is 1.24. The van der Waals surface area contributed by atoms with Gasteiger partial charge < -0.3 is 20.7 Å². The standard InChI is InChI=1S/C14H18N4O2S/c1-18(2)7-8-20-11-5-3-10(4-6-11)16-13(19)12-9-21-14(15)17-12/h3-6,9H,7-8H2,1-2H3,(H2,15,17)(H,16,19). The van der Waals surface area contributed by atoms with Crippen LogP contribution in [0, 0.1) is 0 Å². The average molecular weight is 306 g/mol. The number of hydrogen-bond donors (Lipinski definition) is 2. The summed E-state index contributed by atoms with van der Waals surface area (Å²) in [6.45, 7) is 1.47. The van der Waals surface area contributed by atoms with Crippen molar-refractivity contribution in [2.75, 3.05) is 38.3 Å². The zero-order valence-corrected chi connectivity index (χ0v) is 12.8. The molecule has 0 spiro atoms. The maximum atomic E-state index is 11.9. The maximum Gasteiger partial charge on any atom is 0.275 e. The third-order valence-electron chi connectivity index (χ3n) is 2.67. The Balaban J connectivity index is 1.88. The summed E-state index contributed by atoms with van der Waals surface area (Å²) in [5.41, 5.74) is 6.51. The van der Waals surface area contributed by atoms with Gasteiger partial charge in [0.15, 0.2) is 5.13 Å². The normalized spacial score (nSPS) is 10.6. The van der Waals surface area contributed by atoms with Gasteiger partial charge >= 0.3 is 0 Å². The molecule has 0 saturated carbocycles. The molecule has 6 nitrogen and oxygen atoms in total. The van der Waals surface area contributed by atoms with Crippen molar-refractivity contribution >= 4 is 28.1 Å². The van der Waals surface area contributed by atoms with Gasteiger partial charge in [0.05, 0.1) is 0 Å². The summed E-state index contributed by atoms with van der Waals surface area (Å²) < 4.78 is 5.58. The summed E-state index contributed by atoms with van der Waals surface area (Å²) in [6, 6.07) is 7.22. The largest absolute Gasteiger partial charge is 0.492 e. The molecule has 1 aromatic carbocycles. The zero-order valence-electron chi connectivity index (χ0n) is 12.0. The molecular weight excluding hydrogens is 288 g/mol. The number of amides is 1. The summed E-state index contributed by atoms with van der Waals surface area (Å²) in [6.07, 6.45) is 0. The van der Waals surface area contributed by atoms with Crippen LogP contribution in [0.15, 0.2) is 29.6 Å². The molecule has 1 aromatic heterocycles. The van der Waals surface area contributed by atoms with Gasteiger partial charge in [0, 0.05) is 17.6 Å². The average Bonchev–Trinajstić information content (AvgIpc) is 2.87. The highest BCUT2D eigenvalue weighted by molar-refractivity contribution is 7.13. The summed E-state index contributed by atoms with van der Waals surface area (Å²) in [5, 5.41) is 4.77. The molecule has 7 heteroatoms. The lowest BCUT2D eigenvalue weighted by atomic mass is 10.3. The summed E-state index contributed by atoms with van der Waals surface area (Å²) in [4.78, 5) is 17.9. The minimum Gasteiger partial charge on any atom is -0.492 e. The van der Waals surface area contributed by atoms with Crippen LogP contribution in [0.3, 0.4) is 0 Å². The molecule has 1 amide bonds. The van der Waals surface area contributed by atoms with E-state index in [-0.39, 0.29) is 5.91 Å². The van der Waals surface area contributed by atoms with Gasteiger partial charge in [0.2, 0.25) is 0 Å². The Kier molecular flexibility index (Phi) is 5.13. The van der Waals surface area contributed by atoms with E-state index in [2.05, 4.69) is 10.3 Å². The van der Waals surface area contributed by atoms with Gasteiger partial charge in [0.1, 0.15) is 18.1 Å². The van der Waals surface area contributed by atoms with E-state index in [1.807, 2.05) is 31.1 Å².